The standard InChI is InChI=1S/C18H32N2O2/c21-17-18(22,14-19-12-15-6-2-1-3-7-15)10-5-11-20(17)13-16-8-4-9-16/h15-16,19,22H,1-14H2/t18-/m0/s1. The van der Waals surface area contributed by atoms with Crippen molar-refractivity contribution in [3.05, 3.63) is 0 Å². The van der Waals surface area contributed by atoms with E-state index in [-0.39, 0.29) is 5.91 Å². The zero-order valence-corrected chi connectivity index (χ0v) is 13.9. The van der Waals surface area contributed by atoms with E-state index in [4.69, 9.17) is 0 Å². The van der Waals surface area contributed by atoms with Crippen LogP contribution in [0, 0.1) is 11.8 Å². The van der Waals surface area contributed by atoms with E-state index in [0.29, 0.717) is 18.9 Å². The van der Waals surface area contributed by atoms with E-state index in [9.17, 15) is 9.90 Å². The third-order valence-corrected chi connectivity index (χ3v) is 5.98. The molecule has 0 aromatic carbocycles. The average molecular weight is 308 g/mol. The minimum absolute atomic E-state index is 0.0261. The fourth-order valence-corrected chi connectivity index (χ4v) is 4.26. The Hall–Kier alpha value is -0.610. The third kappa shape index (κ3) is 3.83. The smallest absolute Gasteiger partial charge is 0.255 e. The van der Waals surface area contributed by atoms with E-state index < -0.39 is 5.60 Å². The lowest BCUT2D eigenvalue weighted by Gasteiger charge is -2.41. The fourth-order valence-electron chi connectivity index (χ4n) is 4.26. The molecule has 3 rings (SSSR count). The lowest BCUT2D eigenvalue weighted by Crippen LogP contribution is -2.59. The van der Waals surface area contributed by atoms with E-state index in [1.54, 1.807) is 0 Å². The van der Waals surface area contributed by atoms with Crippen LogP contribution in [0.15, 0.2) is 0 Å². The molecular formula is C18H32N2O2. The quantitative estimate of drug-likeness (QED) is 0.792. The highest BCUT2D eigenvalue weighted by Crippen LogP contribution is 2.30. The molecule has 4 nitrogen and oxygen atoms in total. The van der Waals surface area contributed by atoms with Crippen molar-refractivity contribution in [2.45, 2.75) is 69.8 Å². The molecule has 4 heteroatoms. The van der Waals surface area contributed by atoms with Gasteiger partial charge >= 0.3 is 0 Å². The number of rotatable bonds is 6. The summed E-state index contributed by atoms with van der Waals surface area (Å²) in [5.41, 5.74) is -1.16. The van der Waals surface area contributed by atoms with Gasteiger partial charge < -0.3 is 15.3 Å². The van der Waals surface area contributed by atoms with Gasteiger partial charge in [0, 0.05) is 19.6 Å². The molecule has 0 spiro atoms. The topological polar surface area (TPSA) is 52.6 Å². The van der Waals surface area contributed by atoms with Crippen LogP contribution in [0.4, 0.5) is 0 Å². The van der Waals surface area contributed by atoms with Crippen molar-refractivity contribution in [1.82, 2.24) is 10.2 Å². The summed E-state index contributed by atoms with van der Waals surface area (Å²) in [6.45, 7) is 3.09. The Balaban J connectivity index is 1.46. The molecule has 0 unspecified atom stereocenters. The van der Waals surface area contributed by atoms with Crippen LogP contribution in [0.5, 0.6) is 0 Å². The summed E-state index contributed by atoms with van der Waals surface area (Å²) in [5, 5.41) is 14.2. The van der Waals surface area contributed by atoms with Gasteiger partial charge in [-0.05, 0) is 56.9 Å². The fraction of sp³-hybridized carbons (Fsp3) is 0.944. The summed E-state index contributed by atoms with van der Waals surface area (Å²) in [6, 6.07) is 0. The molecule has 2 N–H and O–H groups in total. The van der Waals surface area contributed by atoms with Crippen LogP contribution in [0.1, 0.15) is 64.2 Å². The summed E-state index contributed by atoms with van der Waals surface area (Å²) >= 11 is 0. The molecule has 1 amide bonds. The van der Waals surface area contributed by atoms with Crippen molar-refractivity contribution in [3.63, 3.8) is 0 Å². The van der Waals surface area contributed by atoms with Gasteiger partial charge in [0.25, 0.3) is 5.91 Å². The molecule has 0 radical (unpaired) electrons. The van der Waals surface area contributed by atoms with E-state index in [2.05, 4.69) is 5.32 Å². The number of carbonyl (C=O) groups is 1. The van der Waals surface area contributed by atoms with Crippen LogP contribution in [-0.4, -0.2) is 47.7 Å². The van der Waals surface area contributed by atoms with Crippen molar-refractivity contribution in [1.29, 1.82) is 0 Å². The first kappa shape index (κ1) is 16.3. The minimum Gasteiger partial charge on any atom is -0.379 e. The lowest BCUT2D eigenvalue weighted by molar-refractivity contribution is -0.157. The van der Waals surface area contributed by atoms with Gasteiger partial charge in [-0.1, -0.05) is 25.7 Å². The maximum atomic E-state index is 12.6. The van der Waals surface area contributed by atoms with E-state index >= 15 is 0 Å². The maximum Gasteiger partial charge on any atom is 0.255 e. The molecule has 1 aliphatic heterocycles. The average Bonchev–Trinajstić information content (AvgIpc) is 2.48. The maximum absolute atomic E-state index is 12.6. The predicted molar refractivity (Wildman–Crippen MR) is 87.5 cm³/mol. The monoisotopic (exact) mass is 308 g/mol. The van der Waals surface area contributed by atoms with Crippen LogP contribution < -0.4 is 5.32 Å². The predicted octanol–water partition coefficient (Wildman–Crippen LogP) is 2.31. The molecule has 126 valence electrons. The number of amides is 1. The van der Waals surface area contributed by atoms with E-state index in [1.807, 2.05) is 4.90 Å². The first-order valence-corrected chi connectivity index (χ1v) is 9.40. The van der Waals surface area contributed by atoms with Crippen molar-refractivity contribution in [2.24, 2.45) is 11.8 Å². The van der Waals surface area contributed by atoms with Gasteiger partial charge in [0.05, 0.1) is 0 Å². The molecule has 0 aromatic heterocycles. The van der Waals surface area contributed by atoms with Gasteiger partial charge in [0.2, 0.25) is 0 Å². The SMILES string of the molecule is O=C1N(CC2CCC2)CCC[C@]1(O)CNCC1CCCCC1. The number of carbonyl (C=O) groups excluding carboxylic acids is 1. The van der Waals surface area contributed by atoms with Crippen LogP contribution in [0.3, 0.4) is 0 Å². The summed E-state index contributed by atoms with van der Waals surface area (Å²) in [5.74, 6) is 1.39. The van der Waals surface area contributed by atoms with E-state index in [0.717, 1.165) is 32.0 Å². The first-order valence-electron chi connectivity index (χ1n) is 9.40. The van der Waals surface area contributed by atoms with Gasteiger partial charge in [0.15, 0.2) is 5.60 Å². The Morgan fingerprint density at radius 3 is 2.45 bits per heavy atom. The molecule has 0 aromatic rings. The Bertz CT molecular complexity index is 377. The van der Waals surface area contributed by atoms with Crippen molar-refractivity contribution >= 4 is 5.91 Å². The summed E-state index contributed by atoms with van der Waals surface area (Å²) in [6.07, 6.45) is 12.0. The highest BCUT2D eigenvalue weighted by Gasteiger charge is 2.42. The molecule has 3 fully saturated rings. The van der Waals surface area contributed by atoms with Gasteiger partial charge in [-0.2, -0.15) is 0 Å². The summed E-state index contributed by atoms with van der Waals surface area (Å²) in [4.78, 5) is 14.6. The first-order chi connectivity index (χ1) is 10.7. The molecule has 1 atom stereocenters. The highest BCUT2D eigenvalue weighted by atomic mass is 16.3. The number of hydrogen-bond acceptors (Lipinski definition) is 3. The molecule has 0 bridgehead atoms. The number of likely N-dealkylation sites (tertiary alicyclic amines) is 1. The zero-order valence-electron chi connectivity index (χ0n) is 13.9. The molecule has 1 heterocycles. The van der Waals surface area contributed by atoms with Gasteiger partial charge in [-0.3, -0.25) is 4.79 Å². The largest absolute Gasteiger partial charge is 0.379 e. The third-order valence-electron chi connectivity index (χ3n) is 5.98. The molecular weight excluding hydrogens is 276 g/mol. The number of nitrogens with one attached hydrogen (secondary N) is 1. The second kappa shape index (κ2) is 7.31. The Morgan fingerprint density at radius 1 is 1.05 bits per heavy atom. The molecule has 1 saturated heterocycles. The van der Waals surface area contributed by atoms with E-state index in [1.165, 1.54) is 51.4 Å². The number of aliphatic hydroxyl groups is 1. The van der Waals surface area contributed by atoms with Gasteiger partial charge in [-0.25, -0.2) is 0 Å². The van der Waals surface area contributed by atoms with Crippen molar-refractivity contribution in [3.8, 4) is 0 Å². The number of nitrogens with zero attached hydrogens (tertiary/aromatic N) is 1. The second-order valence-corrected chi connectivity index (χ2v) is 7.82. The highest BCUT2D eigenvalue weighted by molar-refractivity contribution is 5.86. The lowest BCUT2D eigenvalue weighted by atomic mass is 9.83. The van der Waals surface area contributed by atoms with Gasteiger partial charge in [-0.15, -0.1) is 0 Å². The zero-order chi connectivity index (χ0) is 15.4. The second-order valence-electron chi connectivity index (χ2n) is 7.82. The molecule has 2 aliphatic carbocycles. The van der Waals surface area contributed by atoms with Crippen LogP contribution in [-0.2, 0) is 4.79 Å². The minimum atomic E-state index is -1.16. The van der Waals surface area contributed by atoms with Crippen LogP contribution in [0.2, 0.25) is 0 Å². The molecule has 2 saturated carbocycles. The Morgan fingerprint density at radius 2 is 1.77 bits per heavy atom. The summed E-state index contributed by atoms with van der Waals surface area (Å²) in [7, 11) is 0. The van der Waals surface area contributed by atoms with Gasteiger partial charge in [0.1, 0.15) is 0 Å². The summed E-state index contributed by atoms with van der Waals surface area (Å²) < 4.78 is 0. The number of piperidine rings is 1. The molecule has 3 aliphatic rings. The number of hydrogen-bond donors (Lipinski definition) is 2. The van der Waals surface area contributed by atoms with Crippen molar-refractivity contribution < 1.29 is 9.90 Å². The molecule has 22 heavy (non-hydrogen) atoms. The Labute approximate surface area is 134 Å². The van der Waals surface area contributed by atoms with Crippen molar-refractivity contribution in [2.75, 3.05) is 26.2 Å². The van der Waals surface area contributed by atoms with Crippen LogP contribution in [0.25, 0.3) is 0 Å². The normalized spacial score (nSPS) is 31.3. The van der Waals surface area contributed by atoms with Crippen LogP contribution >= 0.6 is 0 Å². The Kier molecular flexibility index (Phi) is 5.40.